The minimum Gasteiger partial charge on any atom is -0.356 e. The molecule has 0 amide bonds. The molecule has 0 spiro atoms. The first-order valence-corrected chi connectivity index (χ1v) is 8.06. The number of aryl methyl sites for hydroxylation is 2. The number of aromatic nitrogens is 1. The zero-order valence-corrected chi connectivity index (χ0v) is 12.2. The van der Waals surface area contributed by atoms with Gasteiger partial charge in [0.2, 0.25) is 0 Å². The second-order valence-electron chi connectivity index (χ2n) is 6.04. The summed E-state index contributed by atoms with van der Waals surface area (Å²) in [5.41, 5.74) is 3.34. The van der Waals surface area contributed by atoms with E-state index in [2.05, 4.69) is 17.0 Å². The van der Waals surface area contributed by atoms with Gasteiger partial charge in [0.25, 0.3) is 0 Å². The van der Waals surface area contributed by atoms with Crippen LogP contribution in [0.1, 0.15) is 61.8 Å². The minimum absolute atomic E-state index is 0.784. The molecule has 2 heterocycles. The summed E-state index contributed by atoms with van der Waals surface area (Å²) in [4.78, 5) is 7.24. The number of nitriles is 1. The Labute approximate surface area is 121 Å². The average molecular weight is 269 g/mol. The third-order valence-electron chi connectivity index (χ3n) is 4.56. The lowest BCUT2D eigenvalue weighted by atomic mass is 9.94. The number of pyridine rings is 1. The smallest absolute Gasteiger partial charge is 0.146 e. The van der Waals surface area contributed by atoms with Gasteiger partial charge in [0.05, 0.1) is 5.56 Å². The van der Waals surface area contributed by atoms with Crippen molar-refractivity contribution in [3.05, 3.63) is 22.9 Å². The van der Waals surface area contributed by atoms with E-state index in [-0.39, 0.29) is 0 Å². The second-order valence-corrected chi connectivity index (χ2v) is 6.04. The predicted molar refractivity (Wildman–Crippen MR) is 80.9 cm³/mol. The Balaban J connectivity index is 1.92. The minimum atomic E-state index is 0.784. The third-order valence-corrected chi connectivity index (χ3v) is 4.56. The van der Waals surface area contributed by atoms with E-state index in [0.29, 0.717) is 0 Å². The molecule has 1 aliphatic heterocycles. The highest BCUT2D eigenvalue weighted by Crippen LogP contribution is 2.27. The third kappa shape index (κ3) is 2.80. The van der Waals surface area contributed by atoms with E-state index in [0.717, 1.165) is 37.3 Å². The van der Waals surface area contributed by atoms with Crippen molar-refractivity contribution in [2.75, 3.05) is 18.0 Å². The first-order chi connectivity index (χ1) is 9.88. The van der Waals surface area contributed by atoms with Crippen molar-refractivity contribution < 1.29 is 0 Å². The Morgan fingerprint density at radius 1 is 0.950 bits per heavy atom. The fourth-order valence-electron chi connectivity index (χ4n) is 3.41. The Hall–Kier alpha value is -1.56. The van der Waals surface area contributed by atoms with E-state index in [1.165, 1.54) is 56.2 Å². The van der Waals surface area contributed by atoms with Gasteiger partial charge < -0.3 is 4.90 Å². The molecule has 1 aliphatic carbocycles. The average Bonchev–Trinajstić information content (AvgIpc) is 2.46. The van der Waals surface area contributed by atoms with E-state index in [1.807, 2.05) is 0 Å². The summed E-state index contributed by atoms with van der Waals surface area (Å²) in [6.07, 6.45) is 11.1. The lowest BCUT2D eigenvalue weighted by molar-refractivity contribution is 0.552. The molecule has 0 atom stereocenters. The Bertz CT molecular complexity index is 508. The number of hydrogen-bond donors (Lipinski definition) is 0. The van der Waals surface area contributed by atoms with E-state index in [1.54, 1.807) is 0 Å². The van der Waals surface area contributed by atoms with E-state index >= 15 is 0 Å². The van der Waals surface area contributed by atoms with E-state index in [4.69, 9.17) is 4.98 Å². The number of rotatable bonds is 1. The van der Waals surface area contributed by atoms with Crippen LogP contribution in [0.2, 0.25) is 0 Å². The van der Waals surface area contributed by atoms with E-state index in [9.17, 15) is 5.26 Å². The van der Waals surface area contributed by atoms with Crippen molar-refractivity contribution >= 4 is 5.82 Å². The van der Waals surface area contributed by atoms with Gasteiger partial charge in [0, 0.05) is 18.8 Å². The molecule has 0 radical (unpaired) electrons. The predicted octanol–water partition coefficient (Wildman–Crippen LogP) is 3.60. The largest absolute Gasteiger partial charge is 0.356 e. The SMILES string of the molecule is N#Cc1cc2c(nc1N1CCCCCCC1)CCCC2. The molecule has 106 valence electrons. The van der Waals surface area contributed by atoms with Crippen molar-refractivity contribution in [1.82, 2.24) is 4.98 Å². The first kappa shape index (κ1) is 13.4. The van der Waals surface area contributed by atoms with Gasteiger partial charge >= 0.3 is 0 Å². The fourth-order valence-corrected chi connectivity index (χ4v) is 3.41. The molecule has 0 N–H and O–H groups in total. The van der Waals surface area contributed by atoms with Crippen LogP contribution in [0.3, 0.4) is 0 Å². The van der Waals surface area contributed by atoms with Gasteiger partial charge in [0.1, 0.15) is 11.9 Å². The molecule has 1 saturated heterocycles. The van der Waals surface area contributed by atoms with Gasteiger partial charge in [-0.15, -0.1) is 0 Å². The normalized spacial score (nSPS) is 19.6. The number of nitrogens with zero attached hydrogens (tertiary/aromatic N) is 3. The Kier molecular flexibility index (Phi) is 4.20. The molecule has 1 aromatic heterocycles. The van der Waals surface area contributed by atoms with Crippen LogP contribution in [0.15, 0.2) is 6.07 Å². The van der Waals surface area contributed by atoms with Gasteiger partial charge in [-0.05, 0) is 50.2 Å². The molecule has 3 rings (SSSR count). The molecule has 3 nitrogen and oxygen atoms in total. The summed E-state index contributed by atoms with van der Waals surface area (Å²) in [7, 11) is 0. The fraction of sp³-hybridized carbons (Fsp3) is 0.647. The van der Waals surface area contributed by atoms with Gasteiger partial charge in [-0.25, -0.2) is 4.98 Å². The number of hydrogen-bond acceptors (Lipinski definition) is 3. The molecule has 0 bridgehead atoms. The van der Waals surface area contributed by atoms with Crippen LogP contribution in [0.4, 0.5) is 5.82 Å². The molecular formula is C17H23N3. The highest BCUT2D eigenvalue weighted by Gasteiger charge is 2.19. The van der Waals surface area contributed by atoms with Crippen molar-refractivity contribution in [2.24, 2.45) is 0 Å². The van der Waals surface area contributed by atoms with Crippen LogP contribution >= 0.6 is 0 Å². The van der Waals surface area contributed by atoms with E-state index < -0.39 is 0 Å². The van der Waals surface area contributed by atoms with Crippen molar-refractivity contribution in [1.29, 1.82) is 5.26 Å². The lowest BCUT2D eigenvalue weighted by Gasteiger charge is -2.28. The molecule has 0 unspecified atom stereocenters. The van der Waals surface area contributed by atoms with Gasteiger partial charge in [-0.3, -0.25) is 0 Å². The molecule has 0 saturated carbocycles. The van der Waals surface area contributed by atoms with Crippen LogP contribution < -0.4 is 4.90 Å². The lowest BCUT2D eigenvalue weighted by Crippen LogP contribution is -2.29. The van der Waals surface area contributed by atoms with Crippen molar-refractivity contribution in [2.45, 2.75) is 57.8 Å². The molecule has 1 fully saturated rings. The summed E-state index contributed by atoms with van der Waals surface area (Å²) in [5.74, 6) is 0.954. The Morgan fingerprint density at radius 3 is 2.40 bits per heavy atom. The summed E-state index contributed by atoms with van der Waals surface area (Å²) < 4.78 is 0. The monoisotopic (exact) mass is 269 g/mol. The standard InChI is InChI=1S/C17H23N3/c18-13-15-12-14-8-4-5-9-16(14)19-17(15)20-10-6-2-1-3-7-11-20/h12H,1-11H2. The quantitative estimate of drug-likeness (QED) is 0.782. The topological polar surface area (TPSA) is 39.9 Å². The van der Waals surface area contributed by atoms with Crippen LogP contribution in [-0.4, -0.2) is 18.1 Å². The second kappa shape index (κ2) is 6.26. The molecule has 0 aromatic carbocycles. The summed E-state index contributed by atoms with van der Waals surface area (Å²) in [6.45, 7) is 2.11. The van der Waals surface area contributed by atoms with Crippen LogP contribution in [0.5, 0.6) is 0 Å². The summed E-state index contributed by atoms with van der Waals surface area (Å²) >= 11 is 0. The summed E-state index contributed by atoms with van der Waals surface area (Å²) in [5, 5.41) is 9.46. The highest BCUT2D eigenvalue weighted by atomic mass is 15.2. The molecular weight excluding hydrogens is 246 g/mol. The maximum Gasteiger partial charge on any atom is 0.146 e. The van der Waals surface area contributed by atoms with Crippen LogP contribution in [0.25, 0.3) is 0 Å². The molecule has 2 aliphatic rings. The Morgan fingerprint density at radius 2 is 1.65 bits per heavy atom. The van der Waals surface area contributed by atoms with Crippen molar-refractivity contribution in [3.63, 3.8) is 0 Å². The zero-order valence-electron chi connectivity index (χ0n) is 12.2. The summed E-state index contributed by atoms with van der Waals surface area (Å²) in [6, 6.07) is 4.48. The first-order valence-electron chi connectivity index (χ1n) is 8.06. The van der Waals surface area contributed by atoms with Gasteiger partial charge in [0.15, 0.2) is 0 Å². The maximum absolute atomic E-state index is 9.46. The highest BCUT2D eigenvalue weighted by molar-refractivity contribution is 5.56. The number of anilines is 1. The maximum atomic E-state index is 9.46. The van der Waals surface area contributed by atoms with Crippen molar-refractivity contribution in [3.8, 4) is 6.07 Å². The number of fused-ring (bicyclic) bond motifs is 1. The van der Waals surface area contributed by atoms with Gasteiger partial charge in [-0.2, -0.15) is 5.26 Å². The molecule has 1 aromatic rings. The molecule has 20 heavy (non-hydrogen) atoms. The van der Waals surface area contributed by atoms with Crippen LogP contribution in [0, 0.1) is 11.3 Å². The molecule has 3 heteroatoms. The zero-order chi connectivity index (χ0) is 13.8. The van der Waals surface area contributed by atoms with Crippen LogP contribution in [-0.2, 0) is 12.8 Å². The van der Waals surface area contributed by atoms with Gasteiger partial charge in [-0.1, -0.05) is 19.3 Å².